The van der Waals surface area contributed by atoms with Gasteiger partial charge in [-0.15, -0.1) is 0 Å². The molecule has 43 heavy (non-hydrogen) atoms. The summed E-state index contributed by atoms with van der Waals surface area (Å²) in [5.74, 6) is -4.88. The molecule has 2 atom stereocenters. The smallest absolute Gasteiger partial charge is 0.305 e. The van der Waals surface area contributed by atoms with Crippen molar-refractivity contribution in [2.75, 3.05) is 23.0 Å². The van der Waals surface area contributed by atoms with E-state index in [4.69, 9.17) is 0 Å². The summed E-state index contributed by atoms with van der Waals surface area (Å²) in [6.07, 6.45) is -0.576. The van der Waals surface area contributed by atoms with Gasteiger partial charge in [-0.05, 0) is 29.0 Å². The Balaban J connectivity index is 1.85. The topological polar surface area (TPSA) is 173 Å². The lowest BCUT2D eigenvalue weighted by atomic mass is 10.0. The maximum atomic E-state index is 14.3. The van der Waals surface area contributed by atoms with Gasteiger partial charge in [-0.25, -0.2) is 10.0 Å². The van der Waals surface area contributed by atoms with Crippen molar-refractivity contribution in [2.45, 2.75) is 32.4 Å². The molecule has 0 saturated heterocycles. The molecule has 13 nitrogen and oxygen atoms in total. The van der Waals surface area contributed by atoms with Crippen molar-refractivity contribution < 1.29 is 38.7 Å². The van der Waals surface area contributed by atoms with Crippen LogP contribution in [-0.2, 0) is 28.8 Å². The first kappa shape index (κ1) is 30.4. The average molecular weight is 588 g/mol. The molecule has 3 N–H and O–H groups in total. The van der Waals surface area contributed by atoms with Crippen molar-refractivity contribution in [3.8, 4) is 0 Å². The molecule has 0 radical (unpaired) electrons. The van der Waals surface area contributed by atoms with E-state index in [-0.39, 0.29) is 23.2 Å². The summed E-state index contributed by atoms with van der Waals surface area (Å²) in [6, 6.07) is 15.1. The highest BCUT2D eigenvalue weighted by Gasteiger charge is 2.42. The van der Waals surface area contributed by atoms with E-state index in [0.29, 0.717) is 10.4 Å². The number of hydrogen-bond acceptors (Lipinski definition) is 7. The van der Waals surface area contributed by atoms with Crippen LogP contribution in [0.2, 0.25) is 0 Å². The largest absolute Gasteiger partial charge is 0.481 e. The first-order valence-electron chi connectivity index (χ1n) is 13.3. The third-order valence-corrected chi connectivity index (χ3v) is 6.79. The molecule has 1 heterocycles. The summed E-state index contributed by atoms with van der Waals surface area (Å²) in [5.41, 5.74) is 0.354. The molecule has 3 aromatic carbocycles. The number of amides is 5. The Morgan fingerprint density at radius 3 is 2.28 bits per heavy atom. The van der Waals surface area contributed by atoms with Crippen molar-refractivity contribution in [2.24, 2.45) is 0 Å². The number of rotatable bonds is 9. The fourth-order valence-corrected chi connectivity index (χ4v) is 4.91. The van der Waals surface area contributed by atoms with Crippen molar-refractivity contribution in [3.63, 3.8) is 0 Å². The van der Waals surface area contributed by atoms with Crippen LogP contribution in [0, 0.1) is 0 Å². The molecule has 0 spiro atoms. The van der Waals surface area contributed by atoms with Crippen molar-refractivity contribution in [1.82, 2.24) is 15.6 Å². The van der Waals surface area contributed by atoms with Gasteiger partial charge in [-0.1, -0.05) is 48.5 Å². The lowest BCUT2D eigenvalue weighted by molar-refractivity contribution is -0.145. The first-order valence-corrected chi connectivity index (χ1v) is 13.3. The number of para-hydroxylation sites is 2. The second-order valence-electron chi connectivity index (χ2n) is 9.77. The molecule has 0 unspecified atom stereocenters. The van der Waals surface area contributed by atoms with E-state index in [1.165, 1.54) is 30.0 Å². The number of carbonyl (C=O) groups is 7. The van der Waals surface area contributed by atoms with Crippen LogP contribution < -0.4 is 20.5 Å². The number of hydrazine groups is 1. The number of carboxylic acid groups (broad SMARTS) is 1. The zero-order valence-electron chi connectivity index (χ0n) is 23.4. The highest BCUT2D eigenvalue weighted by Crippen LogP contribution is 2.35. The minimum atomic E-state index is -1.59. The van der Waals surface area contributed by atoms with Gasteiger partial charge in [-0.3, -0.25) is 28.8 Å². The van der Waals surface area contributed by atoms with Gasteiger partial charge < -0.3 is 25.4 Å². The van der Waals surface area contributed by atoms with Crippen LogP contribution in [0.25, 0.3) is 10.8 Å². The highest BCUT2D eigenvalue weighted by atomic mass is 16.4. The van der Waals surface area contributed by atoms with Crippen LogP contribution in [0.4, 0.5) is 11.4 Å². The Bertz CT molecular complexity index is 1620. The molecule has 13 heteroatoms. The second-order valence-corrected chi connectivity index (χ2v) is 9.77. The molecule has 1 aliphatic heterocycles. The van der Waals surface area contributed by atoms with E-state index in [2.05, 4.69) is 10.6 Å². The Morgan fingerprint density at radius 1 is 0.977 bits per heavy atom. The number of carbonyl (C=O) groups excluding carboxylic acids is 6. The van der Waals surface area contributed by atoms with Gasteiger partial charge >= 0.3 is 5.97 Å². The third kappa shape index (κ3) is 6.50. The van der Waals surface area contributed by atoms with Gasteiger partial charge in [0.05, 0.1) is 30.9 Å². The number of nitrogens with zero attached hydrogens (tertiary/aromatic N) is 3. The Labute approximate surface area is 246 Å². The molecule has 3 aromatic rings. The number of nitrogens with one attached hydrogen (secondary N) is 2. The van der Waals surface area contributed by atoms with E-state index >= 15 is 0 Å². The highest BCUT2D eigenvalue weighted by molar-refractivity contribution is 6.12. The maximum Gasteiger partial charge on any atom is 0.305 e. The predicted molar refractivity (Wildman–Crippen MR) is 155 cm³/mol. The molecule has 222 valence electrons. The van der Waals surface area contributed by atoms with Gasteiger partial charge in [-0.2, -0.15) is 0 Å². The molecule has 5 amide bonds. The van der Waals surface area contributed by atoms with E-state index in [9.17, 15) is 38.7 Å². The molecule has 0 aromatic heterocycles. The fourth-order valence-electron chi connectivity index (χ4n) is 4.91. The SMILES string of the molecule is CC(=O)NCC(=O)N1C[C@H](NC(=O)c2cccc3ccccc23)C(=O)N(N(C(C)=O)[C@H](C=O)CC(=O)O)c2ccccc21. The summed E-state index contributed by atoms with van der Waals surface area (Å²) < 4.78 is 0. The number of aliphatic carboxylic acids is 1. The maximum absolute atomic E-state index is 14.3. The number of fused-ring (bicyclic) bond motifs is 2. The number of carboxylic acids is 1. The van der Waals surface area contributed by atoms with Crippen LogP contribution in [0.5, 0.6) is 0 Å². The monoisotopic (exact) mass is 587 g/mol. The summed E-state index contributed by atoms with van der Waals surface area (Å²) >= 11 is 0. The fraction of sp³-hybridized carbons (Fsp3) is 0.233. The van der Waals surface area contributed by atoms with E-state index < -0.39 is 67.1 Å². The lowest BCUT2D eigenvalue weighted by Gasteiger charge is -2.38. The van der Waals surface area contributed by atoms with Crippen LogP contribution in [0.15, 0.2) is 66.7 Å². The van der Waals surface area contributed by atoms with E-state index in [1.807, 2.05) is 18.2 Å². The number of benzene rings is 3. The minimum absolute atomic E-state index is 0.0157. The molecular formula is C30H29N5O8. The standard InChI is InChI=1S/C30H29N5O8/c1-18(37)31-15-27(39)33-16-24(32-29(42)23-11-7-9-20-8-3-4-10-22(20)23)30(43)35(26-13-6-5-12-25(26)33)34(19(2)38)21(17-36)14-28(40)41/h3-13,17,21,24H,14-16H2,1-2H3,(H,31,37)(H,32,42)(H,40,41)/t21-,24-/m0/s1. The van der Waals surface area contributed by atoms with Crippen LogP contribution >= 0.6 is 0 Å². The van der Waals surface area contributed by atoms with Crippen LogP contribution in [-0.4, -0.2) is 77.1 Å². The van der Waals surface area contributed by atoms with Crippen LogP contribution in [0.1, 0.15) is 30.6 Å². The van der Waals surface area contributed by atoms with Gasteiger partial charge in [0.1, 0.15) is 18.4 Å². The zero-order valence-corrected chi connectivity index (χ0v) is 23.4. The number of anilines is 2. The van der Waals surface area contributed by atoms with Crippen molar-refractivity contribution in [3.05, 3.63) is 72.3 Å². The van der Waals surface area contributed by atoms with Crippen molar-refractivity contribution in [1.29, 1.82) is 0 Å². The molecule has 4 rings (SSSR count). The van der Waals surface area contributed by atoms with E-state index in [1.54, 1.807) is 30.3 Å². The summed E-state index contributed by atoms with van der Waals surface area (Å²) in [7, 11) is 0. The molecule has 0 saturated carbocycles. The predicted octanol–water partition coefficient (Wildman–Crippen LogP) is 1.26. The molecule has 0 aliphatic carbocycles. The molecule has 0 bridgehead atoms. The summed E-state index contributed by atoms with van der Waals surface area (Å²) in [4.78, 5) is 90.6. The lowest BCUT2D eigenvalue weighted by Crippen LogP contribution is -2.61. The summed E-state index contributed by atoms with van der Waals surface area (Å²) in [5, 5.41) is 17.4. The Kier molecular flexibility index (Phi) is 9.14. The molecule has 1 aliphatic rings. The quantitative estimate of drug-likeness (QED) is 0.314. The van der Waals surface area contributed by atoms with Crippen LogP contribution in [0.3, 0.4) is 0 Å². The second kappa shape index (κ2) is 12.9. The van der Waals surface area contributed by atoms with Gasteiger partial charge in [0, 0.05) is 19.4 Å². The number of hydrogen-bond donors (Lipinski definition) is 3. The minimum Gasteiger partial charge on any atom is -0.481 e. The average Bonchev–Trinajstić information content (AvgIpc) is 3.09. The van der Waals surface area contributed by atoms with Gasteiger partial charge in [0.25, 0.3) is 11.8 Å². The van der Waals surface area contributed by atoms with Gasteiger partial charge in [0.2, 0.25) is 17.7 Å². The van der Waals surface area contributed by atoms with E-state index in [0.717, 1.165) is 17.3 Å². The normalized spacial score (nSPS) is 15.1. The number of aldehydes is 1. The van der Waals surface area contributed by atoms with Crippen molar-refractivity contribution >= 4 is 63.9 Å². The third-order valence-electron chi connectivity index (χ3n) is 6.79. The summed E-state index contributed by atoms with van der Waals surface area (Å²) in [6.45, 7) is 1.45. The van der Waals surface area contributed by atoms with Gasteiger partial charge in [0.15, 0.2) is 0 Å². The first-order chi connectivity index (χ1) is 20.5. The Hall–Kier alpha value is -5.59. The molecular weight excluding hydrogens is 558 g/mol. The zero-order chi connectivity index (χ0) is 31.3. The Morgan fingerprint density at radius 2 is 1.63 bits per heavy atom. The molecule has 0 fully saturated rings.